The predicted octanol–water partition coefficient (Wildman–Crippen LogP) is 4.21. The number of likely N-dealkylation sites (tertiary alicyclic amines) is 1. The Hall–Kier alpha value is -3.10. The highest BCUT2D eigenvalue weighted by Crippen LogP contribution is 2.27. The minimum absolute atomic E-state index is 0.0695. The highest BCUT2D eigenvalue weighted by atomic mass is 35.5. The number of aromatic nitrogens is 4. The number of halogens is 1. The van der Waals surface area contributed by atoms with Gasteiger partial charge in [0.1, 0.15) is 0 Å². The zero-order valence-corrected chi connectivity index (χ0v) is 20.1. The van der Waals surface area contributed by atoms with E-state index in [9.17, 15) is 9.59 Å². The summed E-state index contributed by atoms with van der Waals surface area (Å²) in [7, 11) is 0. The molecule has 1 saturated heterocycles. The van der Waals surface area contributed by atoms with E-state index < -0.39 is 0 Å². The number of rotatable bonds is 7. The standard InChI is InChI=1S/C25H24ClN5O2S/c1-2-13-30-23(33)19-10-4-6-12-21(19)31-24(30)27-28-25(31)34-16-22(32)29-14-7-9-18(29)15-17-8-3-5-11-20(17)26/h2-6,8,10-12,18H,1,7,9,13-16H2. The molecule has 1 atom stereocenters. The summed E-state index contributed by atoms with van der Waals surface area (Å²) in [4.78, 5) is 28.1. The Morgan fingerprint density at radius 3 is 2.79 bits per heavy atom. The molecule has 4 aromatic rings. The summed E-state index contributed by atoms with van der Waals surface area (Å²) in [5.74, 6) is 0.755. The van der Waals surface area contributed by atoms with E-state index in [2.05, 4.69) is 16.8 Å². The molecular formula is C25H24ClN5O2S. The molecule has 0 N–H and O–H groups in total. The summed E-state index contributed by atoms with van der Waals surface area (Å²) < 4.78 is 3.40. The van der Waals surface area contributed by atoms with Gasteiger partial charge in [-0.2, -0.15) is 0 Å². The predicted molar refractivity (Wildman–Crippen MR) is 136 cm³/mol. The molecule has 5 rings (SSSR count). The Morgan fingerprint density at radius 1 is 1.18 bits per heavy atom. The Morgan fingerprint density at radius 2 is 1.97 bits per heavy atom. The first-order valence-electron chi connectivity index (χ1n) is 11.2. The maximum atomic E-state index is 13.2. The molecule has 34 heavy (non-hydrogen) atoms. The number of para-hydroxylation sites is 1. The zero-order valence-electron chi connectivity index (χ0n) is 18.6. The molecular weight excluding hydrogens is 470 g/mol. The molecule has 0 bridgehead atoms. The monoisotopic (exact) mass is 493 g/mol. The van der Waals surface area contributed by atoms with Gasteiger partial charge in [0.2, 0.25) is 11.7 Å². The van der Waals surface area contributed by atoms with Crippen LogP contribution in [0.15, 0.2) is 71.1 Å². The zero-order chi connectivity index (χ0) is 23.7. The molecule has 1 amide bonds. The smallest absolute Gasteiger partial charge is 0.263 e. The van der Waals surface area contributed by atoms with Gasteiger partial charge in [0.25, 0.3) is 5.56 Å². The normalized spacial score (nSPS) is 15.9. The molecule has 0 spiro atoms. The second-order valence-electron chi connectivity index (χ2n) is 8.31. The first kappa shape index (κ1) is 22.7. The van der Waals surface area contributed by atoms with Crippen LogP contribution in [0.1, 0.15) is 18.4 Å². The van der Waals surface area contributed by atoms with Crippen LogP contribution in [0, 0.1) is 0 Å². The Kier molecular flexibility index (Phi) is 6.43. The highest BCUT2D eigenvalue weighted by Gasteiger charge is 2.29. The molecule has 3 heterocycles. The van der Waals surface area contributed by atoms with Crippen molar-refractivity contribution in [1.82, 2.24) is 24.1 Å². The van der Waals surface area contributed by atoms with Crippen molar-refractivity contribution in [1.29, 1.82) is 0 Å². The van der Waals surface area contributed by atoms with Crippen molar-refractivity contribution < 1.29 is 4.79 Å². The van der Waals surface area contributed by atoms with Crippen LogP contribution in [0.25, 0.3) is 16.7 Å². The summed E-state index contributed by atoms with van der Waals surface area (Å²) in [6, 6.07) is 15.3. The molecule has 1 fully saturated rings. The number of nitrogens with zero attached hydrogens (tertiary/aromatic N) is 5. The molecule has 0 saturated carbocycles. The second-order valence-corrected chi connectivity index (χ2v) is 9.66. The second kappa shape index (κ2) is 9.64. The van der Waals surface area contributed by atoms with Gasteiger partial charge in [0, 0.05) is 24.2 Å². The summed E-state index contributed by atoms with van der Waals surface area (Å²) in [6.07, 6.45) is 4.36. The lowest BCUT2D eigenvalue weighted by molar-refractivity contribution is -0.129. The van der Waals surface area contributed by atoms with Gasteiger partial charge < -0.3 is 4.90 Å². The number of allylic oxidation sites excluding steroid dienone is 1. The molecule has 0 radical (unpaired) electrons. The molecule has 1 unspecified atom stereocenters. The summed E-state index contributed by atoms with van der Waals surface area (Å²) in [5.41, 5.74) is 1.65. The van der Waals surface area contributed by atoms with E-state index in [1.807, 2.05) is 51.8 Å². The van der Waals surface area contributed by atoms with Gasteiger partial charge in [0.05, 0.1) is 16.7 Å². The van der Waals surface area contributed by atoms with Gasteiger partial charge in [-0.25, -0.2) is 0 Å². The van der Waals surface area contributed by atoms with E-state index in [0.29, 0.717) is 22.9 Å². The van der Waals surface area contributed by atoms with Gasteiger partial charge in [0.15, 0.2) is 5.16 Å². The quantitative estimate of drug-likeness (QED) is 0.285. The fraction of sp³-hybridized carbons (Fsp3) is 0.280. The van der Waals surface area contributed by atoms with E-state index in [1.165, 1.54) is 11.8 Å². The number of hydrogen-bond acceptors (Lipinski definition) is 5. The Labute approximate surface area is 206 Å². The maximum Gasteiger partial charge on any atom is 0.263 e. The van der Waals surface area contributed by atoms with Gasteiger partial charge in [-0.15, -0.1) is 16.8 Å². The first-order chi connectivity index (χ1) is 16.6. The summed E-state index contributed by atoms with van der Waals surface area (Å²) in [6.45, 7) is 4.83. The van der Waals surface area contributed by atoms with Gasteiger partial charge >= 0.3 is 0 Å². The number of amides is 1. The number of benzene rings is 2. The third-order valence-electron chi connectivity index (χ3n) is 6.23. The van der Waals surface area contributed by atoms with Crippen molar-refractivity contribution in [3.8, 4) is 0 Å². The number of carbonyl (C=O) groups is 1. The fourth-order valence-corrected chi connectivity index (χ4v) is 5.66. The lowest BCUT2D eigenvalue weighted by Crippen LogP contribution is -2.38. The van der Waals surface area contributed by atoms with Crippen molar-refractivity contribution in [2.75, 3.05) is 12.3 Å². The lowest BCUT2D eigenvalue weighted by atomic mass is 10.0. The average molecular weight is 494 g/mol. The molecule has 0 aliphatic carbocycles. The van der Waals surface area contributed by atoms with E-state index in [-0.39, 0.29) is 23.3 Å². The van der Waals surface area contributed by atoms with E-state index in [1.54, 1.807) is 16.7 Å². The summed E-state index contributed by atoms with van der Waals surface area (Å²) in [5, 5.41) is 10.5. The van der Waals surface area contributed by atoms with Crippen LogP contribution in [-0.2, 0) is 17.8 Å². The van der Waals surface area contributed by atoms with Crippen molar-refractivity contribution in [2.24, 2.45) is 0 Å². The van der Waals surface area contributed by atoms with Crippen LogP contribution in [0.5, 0.6) is 0 Å². The number of thioether (sulfide) groups is 1. The Bertz CT molecular complexity index is 1450. The number of hydrogen-bond donors (Lipinski definition) is 0. The van der Waals surface area contributed by atoms with Crippen LogP contribution in [0.4, 0.5) is 0 Å². The van der Waals surface area contributed by atoms with Gasteiger partial charge in [-0.05, 0) is 43.0 Å². The van der Waals surface area contributed by atoms with Gasteiger partial charge in [-0.3, -0.25) is 18.6 Å². The van der Waals surface area contributed by atoms with Crippen LogP contribution in [0.3, 0.4) is 0 Å². The van der Waals surface area contributed by atoms with Crippen LogP contribution >= 0.6 is 23.4 Å². The van der Waals surface area contributed by atoms with Gasteiger partial charge in [-0.1, -0.05) is 59.8 Å². The van der Waals surface area contributed by atoms with E-state index >= 15 is 0 Å². The van der Waals surface area contributed by atoms with Crippen LogP contribution < -0.4 is 5.56 Å². The summed E-state index contributed by atoms with van der Waals surface area (Å²) >= 11 is 7.69. The average Bonchev–Trinajstić information content (AvgIpc) is 3.49. The fourth-order valence-electron chi connectivity index (χ4n) is 4.62. The Balaban J connectivity index is 1.40. The SMILES string of the molecule is C=CCn1c(=O)c2ccccc2n2c(SCC(=O)N3CCCC3Cc3ccccc3Cl)nnc12. The van der Waals surface area contributed by atoms with Crippen molar-refractivity contribution in [2.45, 2.75) is 37.0 Å². The highest BCUT2D eigenvalue weighted by molar-refractivity contribution is 7.99. The van der Waals surface area contributed by atoms with Crippen molar-refractivity contribution in [3.63, 3.8) is 0 Å². The van der Waals surface area contributed by atoms with Crippen molar-refractivity contribution in [3.05, 3.63) is 82.1 Å². The van der Waals surface area contributed by atoms with Crippen LogP contribution in [-0.4, -0.2) is 48.3 Å². The van der Waals surface area contributed by atoms with Crippen molar-refractivity contribution >= 4 is 46.0 Å². The molecule has 9 heteroatoms. The largest absolute Gasteiger partial charge is 0.339 e. The number of fused-ring (bicyclic) bond motifs is 3. The van der Waals surface area contributed by atoms with E-state index in [0.717, 1.165) is 41.9 Å². The molecule has 2 aromatic heterocycles. The lowest BCUT2D eigenvalue weighted by Gasteiger charge is -2.25. The molecule has 2 aromatic carbocycles. The minimum atomic E-state index is -0.137. The minimum Gasteiger partial charge on any atom is -0.339 e. The molecule has 1 aliphatic rings. The van der Waals surface area contributed by atoms with Crippen LogP contribution in [0.2, 0.25) is 5.02 Å². The molecule has 7 nitrogen and oxygen atoms in total. The maximum absolute atomic E-state index is 13.2. The molecule has 1 aliphatic heterocycles. The topological polar surface area (TPSA) is 72.5 Å². The van der Waals surface area contributed by atoms with E-state index in [4.69, 9.17) is 11.6 Å². The number of carbonyl (C=O) groups excluding carboxylic acids is 1. The first-order valence-corrected chi connectivity index (χ1v) is 12.6. The molecule has 174 valence electrons. The third kappa shape index (κ3) is 4.12. The third-order valence-corrected chi connectivity index (χ3v) is 7.51.